The molecule has 0 amide bonds. The van der Waals surface area contributed by atoms with Crippen LogP contribution in [-0.2, 0) is 4.74 Å². The fourth-order valence-electron chi connectivity index (χ4n) is 1.15. The summed E-state index contributed by atoms with van der Waals surface area (Å²) in [5.41, 5.74) is 0. The molecular formula is C6H11FO. The molecule has 0 N–H and O–H groups in total. The molecule has 1 fully saturated rings. The lowest BCUT2D eigenvalue weighted by Gasteiger charge is -2.08. The van der Waals surface area contributed by atoms with Gasteiger partial charge >= 0.3 is 0 Å². The van der Waals surface area contributed by atoms with Crippen molar-refractivity contribution in [3.05, 3.63) is 0 Å². The number of hydrogen-bond acceptors (Lipinski definition) is 1. The van der Waals surface area contributed by atoms with Crippen LogP contribution in [0.1, 0.15) is 19.3 Å². The number of rotatable bonds is 1. The molecule has 1 saturated carbocycles. The smallest absolute Gasteiger partial charge is 0.126 e. The Balaban J connectivity index is 2.30. The highest BCUT2D eigenvalue weighted by Gasteiger charge is 2.25. The SMILES string of the molecule is CO[C@@H]1CCC[C@H]1F. The van der Waals surface area contributed by atoms with E-state index in [0.717, 1.165) is 12.8 Å². The summed E-state index contributed by atoms with van der Waals surface area (Å²) in [7, 11) is 1.57. The van der Waals surface area contributed by atoms with Gasteiger partial charge in [0.15, 0.2) is 0 Å². The van der Waals surface area contributed by atoms with E-state index >= 15 is 0 Å². The van der Waals surface area contributed by atoms with Gasteiger partial charge in [0.05, 0.1) is 6.10 Å². The second-order valence-corrected chi connectivity index (χ2v) is 2.22. The summed E-state index contributed by atoms with van der Waals surface area (Å²) in [4.78, 5) is 0. The Kier molecular flexibility index (Phi) is 1.84. The predicted octanol–water partition coefficient (Wildman–Crippen LogP) is 1.52. The third-order valence-corrected chi connectivity index (χ3v) is 1.67. The average molecular weight is 118 g/mol. The van der Waals surface area contributed by atoms with Crippen LogP contribution in [0.25, 0.3) is 0 Å². The first kappa shape index (κ1) is 6.02. The van der Waals surface area contributed by atoms with Crippen molar-refractivity contribution >= 4 is 0 Å². The standard InChI is InChI=1S/C6H11FO/c1-8-6-4-2-3-5(6)7/h5-6H,2-4H2,1H3/t5-,6-/m1/s1. The maximum absolute atomic E-state index is 12.5. The molecule has 0 unspecified atom stereocenters. The van der Waals surface area contributed by atoms with Crippen molar-refractivity contribution in [3.8, 4) is 0 Å². The Hall–Kier alpha value is -0.110. The fraction of sp³-hybridized carbons (Fsp3) is 1.00. The molecule has 0 bridgehead atoms. The Morgan fingerprint density at radius 2 is 2.25 bits per heavy atom. The molecule has 1 nitrogen and oxygen atoms in total. The molecule has 0 aliphatic heterocycles. The summed E-state index contributed by atoms with van der Waals surface area (Å²) < 4.78 is 17.3. The van der Waals surface area contributed by atoms with Crippen LogP contribution in [0.15, 0.2) is 0 Å². The summed E-state index contributed by atoms with van der Waals surface area (Å²) in [5.74, 6) is 0. The highest BCUT2D eigenvalue weighted by molar-refractivity contribution is 4.76. The van der Waals surface area contributed by atoms with E-state index in [9.17, 15) is 4.39 Å². The van der Waals surface area contributed by atoms with Gasteiger partial charge < -0.3 is 4.74 Å². The van der Waals surface area contributed by atoms with Gasteiger partial charge in [-0.05, 0) is 19.3 Å². The summed E-state index contributed by atoms with van der Waals surface area (Å²) in [6.07, 6.45) is 1.78. The van der Waals surface area contributed by atoms with Crippen molar-refractivity contribution in [2.45, 2.75) is 31.5 Å². The van der Waals surface area contributed by atoms with E-state index in [1.807, 2.05) is 0 Å². The molecule has 1 rings (SSSR count). The molecule has 2 atom stereocenters. The Morgan fingerprint density at radius 3 is 2.50 bits per heavy atom. The lowest BCUT2D eigenvalue weighted by molar-refractivity contribution is 0.0528. The van der Waals surface area contributed by atoms with E-state index in [1.165, 1.54) is 0 Å². The molecule has 1 aliphatic rings. The Morgan fingerprint density at radius 1 is 1.50 bits per heavy atom. The van der Waals surface area contributed by atoms with Crippen molar-refractivity contribution in [2.75, 3.05) is 7.11 Å². The first-order valence-corrected chi connectivity index (χ1v) is 3.01. The van der Waals surface area contributed by atoms with Gasteiger partial charge in [-0.2, -0.15) is 0 Å². The van der Waals surface area contributed by atoms with E-state index in [4.69, 9.17) is 4.74 Å². The van der Waals surface area contributed by atoms with Gasteiger partial charge in [-0.3, -0.25) is 0 Å². The molecule has 0 spiro atoms. The quantitative estimate of drug-likeness (QED) is 0.507. The van der Waals surface area contributed by atoms with Crippen LogP contribution in [0.2, 0.25) is 0 Å². The minimum Gasteiger partial charge on any atom is -0.378 e. The molecule has 2 heteroatoms. The zero-order valence-corrected chi connectivity index (χ0v) is 5.06. The third-order valence-electron chi connectivity index (χ3n) is 1.67. The zero-order valence-electron chi connectivity index (χ0n) is 5.06. The first-order valence-electron chi connectivity index (χ1n) is 3.01. The van der Waals surface area contributed by atoms with Crippen LogP contribution in [0, 0.1) is 0 Å². The Bertz CT molecular complexity index is 74.9. The summed E-state index contributed by atoms with van der Waals surface area (Å²) in [6.45, 7) is 0. The van der Waals surface area contributed by atoms with Crippen LogP contribution < -0.4 is 0 Å². The topological polar surface area (TPSA) is 9.23 Å². The molecule has 0 saturated heterocycles. The van der Waals surface area contributed by atoms with Crippen LogP contribution in [-0.4, -0.2) is 19.4 Å². The number of halogens is 1. The highest BCUT2D eigenvalue weighted by Crippen LogP contribution is 2.23. The fourth-order valence-corrected chi connectivity index (χ4v) is 1.15. The van der Waals surface area contributed by atoms with Gasteiger partial charge in [-0.15, -0.1) is 0 Å². The van der Waals surface area contributed by atoms with Crippen LogP contribution in [0.5, 0.6) is 0 Å². The number of methoxy groups -OCH3 is 1. The van der Waals surface area contributed by atoms with Crippen LogP contribution in [0.4, 0.5) is 4.39 Å². The van der Waals surface area contributed by atoms with Gasteiger partial charge in [0.1, 0.15) is 6.17 Å². The minimum atomic E-state index is -0.694. The molecular weight excluding hydrogens is 107 g/mol. The predicted molar refractivity (Wildman–Crippen MR) is 29.5 cm³/mol. The molecule has 0 aromatic heterocycles. The highest BCUT2D eigenvalue weighted by atomic mass is 19.1. The van der Waals surface area contributed by atoms with E-state index in [-0.39, 0.29) is 6.10 Å². The molecule has 0 aromatic rings. The maximum Gasteiger partial charge on any atom is 0.126 e. The third kappa shape index (κ3) is 0.996. The maximum atomic E-state index is 12.5. The van der Waals surface area contributed by atoms with Gasteiger partial charge in [0.25, 0.3) is 0 Å². The Labute approximate surface area is 48.8 Å². The molecule has 0 aromatic carbocycles. The summed E-state index contributed by atoms with van der Waals surface area (Å²) >= 11 is 0. The van der Waals surface area contributed by atoms with Gasteiger partial charge in [-0.25, -0.2) is 4.39 Å². The molecule has 8 heavy (non-hydrogen) atoms. The number of ether oxygens (including phenoxy) is 1. The molecule has 0 heterocycles. The zero-order chi connectivity index (χ0) is 5.98. The lowest BCUT2D eigenvalue weighted by atomic mass is 10.3. The van der Waals surface area contributed by atoms with E-state index < -0.39 is 6.17 Å². The van der Waals surface area contributed by atoms with Crippen molar-refractivity contribution in [2.24, 2.45) is 0 Å². The molecule has 1 aliphatic carbocycles. The van der Waals surface area contributed by atoms with Gasteiger partial charge in [-0.1, -0.05) is 0 Å². The van der Waals surface area contributed by atoms with Crippen molar-refractivity contribution < 1.29 is 9.13 Å². The first-order chi connectivity index (χ1) is 3.84. The average Bonchev–Trinajstić information content (AvgIpc) is 2.14. The number of hydrogen-bond donors (Lipinski definition) is 0. The second kappa shape index (κ2) is 2.44. The molecule has 48 valence electrons. The van der Waals surface area contributed by atoms with E-state index in [2.05, 4.69) is 0 Å². The van der Waals surface area contributed by atoms with Gasteiger partial charge in [0.2, 0.25) is 0 Å². The monoisotopic (exact) mass is 118 g/mol. The van der Waals surface area contributed by atoms with Gasteiger partial charge in [0, 0.05) is 7.11 Å². The van der Waals surface area contributed by atoms with Crippen molar-refractivity contribution in [1.82, 2.24) is 0 Å². The van der Waals surface area contributed by atoms with E-state index in [1.54, 1.807) is 7.11 Å². The normalized spacial score (nSPS) is 38.2. The van der Waals surface area contributed by atoms with Crippen molar-refractivity contribution in [3.63, 3.8) is 0 Å². The minimum absolute atomic E-state index is 0.102. The molecule has 0 radical (unpaired) electrons. The van der Waals surface area contributed by atoms with E-state index in [0.29, 0.717) is 6.42 Å². The lowest BCUT2D eigenvalue weighted by Crippen LogP contribution is -2.16. The summed E-state index contributed by atoms with van der Waals surface area (Å²) in [5, 5.41) is 0. The second-order valence-electron chi connectivity index (χ2n) is 2.22. The number of alkyl halides is 1. The summed E-state index contributed by atoms with van der Waals surface area (Å²) in [6, 6.07) is 0. The van der Waals surface area contributed by atoms with Crippen molar-refractivity contribution in [1.29, 1.82) is 0 Å². The van der Waals surface area contributed by atoms with Crippen LogP contribution in [0.3, 0.4) is 0 Å². The van der Waals surface area contributed by atoms with Crippen LogP contribution >= 0.6 is 0 Å². The largest absolute Gasteiger partial charge is 0.378 e.